The molecule has 1 aromatic carbocycles. The van der Waals surface area contributed by atoms with E-state index in [0.717, 1.165) is 11.0 Å². The van der Waals surface area contributed by atoms with E-state index in [2.05, 4.69) is 21.2 Å². The van der Waals surface area contributed by atoms with Crippen molar-refractivity contribution >= 4 is 50.5 Å². The van der Waals surface area contributed by atoms with Crippen molar-refractivity contribution in [2.24, 2.45) is 0 Å². The molecule has 3 nitrogen and oxygen atoms in total. The van der Waals surface area contributed by atoms with Gasteiger partial charge >= 0.3 is 0 Å². The van der Waals surface area contributed by atoms with Crippen LogP contribution in [0.3, 0.4) is 0 Å². The first-order valence-electron chi connectivity index (χ1n) is 6.24. The second-order valence-corrected chi connectivity index (χ2v) is 7.16. The van der Waals surface area contributed by atoms with Gasteiger partial charge in [-0.25, -0.2) is 0 Å². The Bertz CT molecular complexity index is 594. The van der Waals surface area contributed by atoms with Crippen molar-refractivity contribution in [2.75, 3.05) is 13.2 Å². The minimum absolute atomic E-state index is 0.169. The fraction of sp³-hybridized carbons (Fsp3) is 0.286. The Morgan fingerprint density at radius 1 is 1.33 bits per heavy atom. The summed E-state index contributed by atoms with van der Waals surface area (Å²) in [5.74, 6) is 0.516. The minimum atomic E-state index is -0.611. The van der Waals surface area contributed by atoms with Crippen LogP contribution in [0.15, 0.2) is 34.1 Å². The summed E-state index contributed by atoms with van der Waals surface area (Å²) in [6, 6.07) is 7.04. The summed E-state index contributed by atoms with van der Waals surface area (Å²) in [5.41, 5.74) is 0. The first kappa shape index (κ1) is 17.1. The number of nitrogens with one attached hydrogen (secondary N) is 1. The third-order valence-electron chi connectivity index (χ3n) is 2.63. The molecule has 114 valence electrons. The average Bonchev–Trinajstić information content (AvgIpc) is 2.83. The molecule has 21 heavy (non-hydrogen) atoms. The van der Waals surface area contributed by atoms with Crippen LogP contribution in [0.2, 0.25) is 10.0 Å². The van der Waals surface area contributed by atoms with Crippen LogP contribution < -0.4 is 10.1 Å². The first-order chi connectivity index (χ1) is 10.0. The van der Waals surface area contributed by atoms with Gasteiger partial charge in [0.2, 0.25) is 0 Å². The molecule has 0 radical (unpaired) electrons. The SMILES string of the molecule is OC(CNCc1cc(Br)cs1)COc1ccc(Cl)cc1Cl. The molecule has 0 amide bonds. The predicted octanol–water partition coefficient (Wildman–Crippen LogP) is 4.35. The summed E-state index contributed by atoms with van der Waals surface area (Å²) in [6.07, 6.45) is -0.611. The molecule has 1 atom stereocenters. The van der Waals surface area contributed by atoms with Gasteiger partial charge < -0.3 is 15.2 Å². The fourth-order valence-electron chi connectivity index (χ4n) is 1.65. The molecule has 0 aliphatic carbocycles. The molecule has 0 saturated heterocycles. The van der Waals surface area contributed by atoms with Crippen LogP contribution in [0.25, 0.3) is 0 Å². The molecule has 2 aromatic rings. The normalized spacial score (nSPS) is 12.4. The molecule has 1 heterocycles. The zero-order chi connectivity index (χ0) is 15.2. The van der Waals surface area contributed by atoms with Crippen molar-refractivity contribution in [3.8, 4) is 5.75 Å². The quantitative estimate of drug-likeness (QED) is 0.712. The van der Waals surface area contributed by atoms with E-state index in [4.69, 9.17) is 27.9 Å². The van der Waals surface area contributed by atoms with Crippen molar-refractivity contribution < 1.29 is 9.84 Å². The van der Waals surface area contributed by atoms with Gasteiger partial charge in [-0.3, -0.25) is 0 Å². The van der Waals surface area contributed by atoms with E-state index in [1.165, 1.54) is 4.88 Å². The molecule has 2 rings (SSSR count). The number of hydrogen-bond donors (Lipinski definition) is 2. The summed E-state index contributed by atoms with van der Waals surface area (Å²) in [4.78, 5) is 1.20. The lowest BCUT2D eigenvalue weighted by Crippen LogP contribution is -2.31. The van der Waals surface area contributed by atoms with E-state index in [1.807, 2.05) is 11.4 Å². The van der Waals surface area contributed by atoms with Gasteiger partial charge in [-0.2, -0.15) is 0 Å². The van der Waals surface area contributed by atoms with Crippen molar-refractivity contribution in [1.29, 1.82) is 0 Å². The van der Waals surface area contributed by atoms with Crippen LogP contribution in [0, 0.1) is 0 Å². The topological polar surface area (TPSA) is 41.5 Å². The predicted molar refractivity (Wildman–Crippen MR) is 91.7 cm³/mol. The summed E-state index contributed by atoms with van der Waals surface area (Å²) in [6.45, 7) is 1.33. The molecule has 1 unspecified atom stereocenters. The number of benzene rings is 1. The van der Waals surface area contributed by atoms with E-state index < -0.39 is 6.10 Å². The lowest BCUT2D eigenvalue weighted by molar-refractivity contribution is 0.106. The van der Waals surface area contributed by atoms with Crippen molar-refractivity contribution in [3.05, 3.63) is 49.0 Å². The fourth-order valence-corrected chi connectivity index (χ4v) is 3.53. The van der Waals surface area contributed by atoms with E-state index >= 15 is 0 Å². The summed E-state index contributed by atoms with van der Waals surface area (Å²) >= 11 is 16.9. The van der Waals surface area contributed by atoms with E-state index in [0.29, 0.717) is 22.3 Å². The third kappa shape index (κ3) is 5.77. The maximum Gasteiger partial charge on any atom is 0.138 e. The third-order valence-corrected chi connectivity index (χ3v) is 4.85. The molecule has 0 aliphatic heterocycles. The number of rotatable bonds is 7. The maximum atomic E-state index is 9.88. The van der Waals surface area contributed by atoms with Gasteiger partial charge in [-0.1, -0.05) is 23.2 Å². The number of aliphatic hydroxyl groups is 1. The Labute approximate surface area is 146 Å². The molecule has 0 fully saturated rings. The van der Waals surface area contributed by atoms with Crippen molar-refractivity contribution in [1.82, 2.24) is 5.32 Å². The number of ether oxygens (including phenoxy) is 1. The number of thiophene rings is 1. The highest BCUT2D eigenvalue weighted by Crippen LogP contribution is 2.27. The zero-order valence-corrected chi connectivity index (χ0v) is 14.9. The van der Waals surface area contributed by atoms with Gasteiger partial charge in [0.05, 0.1) is 5.02 Å². The van der Waals surface area contributed by atoms with E-state index in [9.17, 15) is 5.11 Å². The van der Waals surface area contributed by atoms with Gasteiger partial charge in [0.15, 0.2) is 0 Å². The van der Waals surface area contributed by atoms with Gasteiger partial charge in [0.1, 0.15) is 18.5 Å². The van der Waals surface area contributed by atoms with Crippen LogP contribution >= 0.6 is 50.5 Å². The molecule has 0 bridgehead atoms. The number of aliphatic hydroxyl groups excluding tert-OH is 1. The second-order valence-electron chi connectivity index (χ2n) is 4.40. The lowest BCUT2D eigenvalue weighted by Gasteiger charge is -2.14. The molecule has 1 aromatic heterocycles. The monoisotopic (exact) mass is 409 g/mol. The molecule has 7 heteroatoms. The van der Waals surface area contributed by atoms with Crippen LogP contribution in [-0.2, 0) is 6.54 Å². The second kappa shape index (κ2) is 8.36. The smallest absolute Gasteiger partial charge is 0.138 e. The largest absolute Gasteiger partial charge is 0.489 e. The first-order valence-corrected chi connectivity index (χ1v) is 8.67. The minimum Gasteiger partial charge on any atom is -0.489 e. The average molecular weight is 411 g/mol. The summed E-state index contributed by atoms with van der Waals surface area (Å²) in [7, 11) is 0. The van der Waals surface area contributed by atoms with Gasteiger partial charge in [-0.15, -0.1) is 11.3 Å². The van der Waals surface area contributed by atoms with Crippen molar-refractivity contribution in [3.63, 3.8) is 0 Å². The lowest BCUT2D eigenvalue weighted by atomic mass is 10.3. The Morgan fingerprint density at radius 3 is 2.81 bits per heavy atom. The van der Waals surface area contributed by atoms with E-state index in [1.54, 1.807) is 29.5 Å². The Hall–Kier alpha value is -0.300. The van der Waals surface area contributed by atoms with E-state index in [-0.39, 0.29) is 6.61 Å². The van der Waals surface area contributed by atoms with Crippen LogP contribution in [0.4, 0.5) is 0 Å². The van der Waals surface area contributed by atoms with Crippen LogP contribution in [0.5, 0.6) is 5.75 Å². The van der Waals surface area contributed by atoms with Crippen LogP contribution in [-0.4, -0.2) is 24.4 Å². The highest BCUT2D eigenvalue weighted by atomic mass is 79.9. The number of halogens is 3. The highest BCUT2D eigenvalue weighted by molar-refractivity contribution is 9.10. The van der Waals surface area contributed by atoms with Gasteiger partial charge in [0, 0.05) is 32.8 Å². The molecule has 2 N–H and O–H groups in total. The Morgan fingerprint density at radius 2 is 2.14 bits per heavy atom. The molecular formula is C14H14BrCl2NO2S. The molecular weight excluding hydrogens is 397 g/mol. The summed E-state index contributed by atoms with van der Waals surface area (Å²) < 4.78 is 6.55. The Kier molecular flexibility index (Phi) is 6.79. The van der Waals surface area contributed by atoms with Gasteiger partial charge in [-0.05, 0) is 40.2 Å². The molecule has 0 saturated carbocycles. The molecule has 0 spiro atoms. The van der Waals surface area contributed by atoms with Gasteiger partial charge in [0.25, 0.3) is 0 Å². The van der Waals surface area contributed by atoms with Crippen molar-refractivity contribution in [2.45, 2.75) is 12.6 Å². The Balaban J connectivity index is 1.70. The maximum absolute atomic E-state index is 9.88. The zero-order valence-electron chi connectivity index (χ0n) is 11.0. The van der Waals surface area contributed by atoms with Crippen LogP contribution in [0.1, 0.15) is 4.88 Å². The standard InChI is InChI=1S/C14H14BrCl2NO2S/c15-9-3-12(21-8-9)6-18-5-11(19)7-20-14-2-1-10(16)4-13(14)17/h1-4,8,11,18-19H,5-7H2. The summed E-state index contributed by atoms with van der Waals surface area (Å²) in [5, 5.41) is 16.1. The highest BCUT2D eigenvalue weighted by Gasteiger charge is 2.08. The number of hydrogen-bond acceptors (Lipinski definition) is 4. The molecule has 0 aliphatic rings.